The molecule has 0 saturated carbocycles. The Labute approximate surface area is 211 Å². The molecule has 1 aliphatic heterocycles. The Hall–Kier alpha value is -2.53. The monoisotopic (exact) mass is 482 g/mol. The molecule has 0 radical (unpaired) electrons. The van der Waals surface area contributed by atoms with Crippen LogP contribution in [0.3, 0.4) is 0 Å². The van der Waals surface area contributed by atoms with Crippen LogP contribution < -0.4 is 14.2 Å². The first-order valence-electron chi connectivity index (χ1n) is 13.3. The second-order valence-corrected chi connectivity index (χ2v) is 9.84. The summed E-state index contributed by atoms with van der Waals surface area (Å²) in [4.78, 5) is 12.5. The van der Waals surface area contributed by atoms with Crippen molar-refractivity contribution in [2.45, 2.75) is 97.4 Å². The van der Waals surface area contributed by atoms with E-state index < -0.39 is 5.97 Å². The summed E-state index contributed by atoms with van der Waals surface area (Å²) in [6.45, 7) is 9.27. The van der Waals surface area contributed by atoms with E-state index in [2.05, 4.69) is 20.8 Å². The van der Waals surface area contributed by atoms with Crippen LogP contribution in [0.2, 0.25) is 0 Å². The van der Waals surface area contributed by atoms with Gasteiger partial charge in [-0.1, -0.05) is 65.7 Å². The van der Waals surface area contributed by atoms with Gasteiger partial charge in [0.15, 0.2) is 0 Å². The maximum absolute atomic E-state index is 12.5. The van der Waals surface area contributed by atoms with Crippen molar-refractivity contribution in [3.05, 3.63) is 54.1 Å². The minimum absolute atomic E-state index is 0.0212. The lowest BCUT2D eigenvalue weighted by Gasteiger charge is -2.13. The second-order valence-electron chi connectivity index (χ2n) is 9.84. The van der Waals surface area contributed by atoms with E-state index in [0.29, 0.717) is 23.8 Å². The third kappa shape index (κ3) is 9.21. The van der Waals surface area contributed by atoms with E-state index in [9.17, 15) is 4.79 Å². The van der Waals surface area contributed by atoms with Crippen LogP contribution >= 0.6 is 0 Å². The van der Waals surface area contributed by atoms with Crippen LogP contribution in [0.4, 0.5) is 0 Å². The fourth-order valence-electron chi connectivity index (χ4n) is 4.20. The molecule has 0 amide bonds. The Bertz CT molecular complexity index is 875. The first kappa shape index (κ1) is 27.1. The third-order valence-electron chi connectivity index (χ3n) is 6.39. The fraction of sp³-hybridized carbons (Fsp3) is 0.567. The van der Waals surface area contributed by atoms with Crippen molar-refractivity contribution in [3.8, 4) is 17.2 Å². The van der Waals surface area contributed by atoms with E-state index in [1.807, 2.05) is 31.2 Å². The molecule has 2 aromatic rings. The summed E-state index contributed by atoms with van der Waals surface area (Å²) in [5.41, 5.74) is 0.490. The zero-order valence-corrected chi connectivity index (χ0v) is 21.8. The number of benzene rings is 2. The Kier molecular flexibility index (Phi) is 10.9. The topological polar surface area (TPSA) is 57.3 Å². The quantitative estimate of drug-likeness (QED) is 0.107. The Morgan fingerprint density at radius 3 is 1.94 bits per heavy atom. The standard InChI is InChI=1S/C30H42O5/c1-5-6-7-8-9-10-11-12-21-32-25-15-13-24(14-16-25)30(31)34-27-19-17-26(18-20-27)33-23(4)29-28(35-29)22(2)3/h13-20,22-23,28-29H,5-12,21H2,1-4H3/t23-,28-,29-/m0/s1. The Morgan fingerprint density at radius 2 is 1.34 bits per heavy atom. The molecular weight excluding hydrogens is 440 g/mol. The van der Waals surface area contributed by atoms with Crippen LogP contribution in [-0.4, -0.2) is 30.9 Å². The van der Waals surface area contributed by atoms with Crippen molar-refractivity contribution in [3.63, 3.8) is 0 Å². The van der Waals surface area contributed by atoms with Crippen molar-refractivity contribution in [1.29, 1.82) is 0 Å². The van der Waals surface area contributed by atoms with Gasteiger partial charge in [-0.2, -0.15) is 0 Å². The van der Waals surface area contributed by atoms with Crippen molar-refractivity contribution in [2.24, 2.45) is 5.92 Å². The first-order chi connectivity index (χ1) is 17.0. The number of unbranched alkanes of at least 4 members (excludes halogenated alkanes) is 7. The number of carbonyl (C=O) groups is 1. The van der Waals surface area contributed by atoms with E-state index in [4.69, 9.17) is 18.9 Å². The minimum atomic E-state index is -0.396. The highest BCUT2D eigenvalue weighted by atomic mass is 16.6. The number of epoxide rings is 1. The smallest absolute Gasteiger partial charge is 0.343 e. The van der Waals surface area contributed by atoms with Crippen LogP contribution in [-0.2, 0) is 4.74 Å². The summed E-state index contributed by atoms with van der Waals surface area (Å²) in [7, 11) is 0. The number of rotatable bonds is 16. The zero-order valence-electron chi connectivity index (χ0n) is 21.8. The molecule has 0 bridgehead atoms. The average Bonchev–Trinajstić information content (AvgIpc) is 3.66. The lowest BCUT2D eigenvalue weighted by Crippen LogP contribution is -2.22. The molecule has 0 unspecified atom stereocenters. The van der Waals surface area contributed by atoms with Crippen molar-refractivity contribution in [1.82, 2.24) is 0 Å². The zero-order chi connectivity index (χ0) is 25.0. The Morgan fingerprint density at radius 1 is 0.771 bits per heavy atom. The van der Waals surface area contributed by atoms with Gasteiger partial charge in [-0.3, -0.25) is 0 Å². The average molecular weight is 483 g/mol. The second kappa shape index (κ2) is 14.1. The number of ether oxygens (including phenoxy) is 4. The number of hydrogen-bond donors (Lipinski definition) is 0. The van der Waals surface area contributed by atoms with Gasteiger partial charge in [0.2, 0.25) is 0 Å². The van der Waals surface area contributed by atoms with Gasteiger partial charge in [-0.05, 0) is 67.8 Å². The highest BCUT2D eigenvalue weighted by Crippen LogP contribution is 2.33. The predicted molar refractivity (Wildman–Crippen MR) is 140 cm³/mol. The summed E-state index contributed by atoms with van der Waals surface area (Å²) in [6.07, 6.45) is 10.6. The van der Waals surface area contributed by atoms with Crippen LogP contribution in [0.25, 0.3) is 0 Å². The Balaban J connectivity index is 1.34. The molecular formula is C30H42O5. The van der Waals surface area contributed by atoms with Gasteiger partial charge in [-0.15, -0.1) is 0 Å². The molecule has 192 valence electrons. The molecule has 3 atom stereocenters. The molecule has 0 aromatic heterocycles. The summed E-state index contributed by atoms with van der Waals surface area (Å²) in [5, 5.41) is 0. The molecule has 3 rings (SSSR count). The molecule has 0 N–H and O–H groups in total. The van der Waals surface area contributed by atoms with E-state index in [1.165, 1.54) is 44.9 Å². The van der Waals surface area contributed by atoms with Gasteiger partial charge in [0.1, 0.15) is 29.5 Å². The van der Waals surface area contributed by atoms with E-state index in [0.717, 1.165) is 17.9 Å². The van der Waals surface area contributed by atoms with Crippen molar-refractivity contribution in [2.75, 3.05) is 6.61 Å². The van der Waals surface area contributed by atoms with Gasteiger partial charge in [0.05, 0.1) is 18.3 Å². The third-order valence-corrected chi connectivity index (χ3v) is 6.39. The largest absolute Gasteiger partial charge is 0.494 e. The van der Waals surface area contributed by atoms with Gasteiger partial charge in [-0.25, -0.2) is 4.79 Å². The van der Waals surface area contributed by atoms with Gasteiger partial charge < -0.3 is 18.9 Å². The molecule has 1 saturated heterocycles. The predicted octanol–water partition coefficient (Wildman–Crippen LogP) is 7.62. The number of hydrogen-bond acceptors (Lipinski definition) is 5. The van der Waals surface area contributed by atoms with E-state index >= 15 is 0 Å². The van der Waals surface area contributed by atoms with Crippen LogP contribution in [0.15, 0.2) is 48.5 Å². The molecule has 0 spiro atoms. The summed E-state index contributed by atoms with van der Waals surface area (Å²) in [6, 6.07) is 14.2. The lowest BCUT2D eigenvalue weighted by molar-refractivity contribution is 0.0734. The number of esters is 1. The minimum Gasteiger partial charge on any atom is -0.494 e. The molecule has 0 aliphatic carbocycles. The summed E-state index contributed by atoms with van der Waals surface area (Å²) in [5.74, 6) is 2.08. The number of carbonyl (C=O) groups excluding carboxylic acids is 1. The van der Waals surface area contributed by atoms with Gasteiger partial charge in [0.25, 0.3) is 0 Å². The molecule has 1 heterocycles. The maximum Gasteiger partial charge on any atom is 0.343 e. The van der Waals surface area contributed by atoms with Crippen LogP contribution in [0.1, 0.15) is 89.4 Å². The van der Waals surface area contributed by atoms with Crippen LogP contribution in [0, 0.1) is 5.92 Å². The normalized spacial score (nSPS) is 17.7. The molecule has 1 aliphatic rings. The fourth-order valence-corrected chi connectivity index (χ4v) is 4.20. The van der Waals surface area contributed by atoms with E-state index in [-0.39, 0.29) is 18.3 Å². The first-order valence-corrected chi connectivity index (χ1v) is 13.3. The molecule has 2 aromatic carbocycles. The molecule has 35 heavy (non-hydrogen) atoms. The van der Waals surface area contributed by atoms with Crippen LogP contribution in [0.5, 0.6) is 17.2 Å². The van der Waals surface area contributed by atoms with E-state index in [1.54, 1.807) is 24.3 Å². The molecule has 1 fully saturated rings. The summed E-state index contributed by atoms with van der Waals surface area (Å²) >= 11 is 0. The van der Waals surface area contributed by atoms with Gasteiger partial charge >= 0.3 is 5.97 Å². The highest BCUT2D eigenvalue weighted by Gasteiger charge is 2.46. The van der Waals surface area contributed by atoms with Crippen molar-refractivity contribution >= 4 is 5.97 Å². The SMILES string of the molecule is CCCCCCCCCCOc1ccc(C(=O)Oc2ccc(O[C@@H](C)[C@@H]3O[C@H]3C(C)C)cc2)cc1. The van der Waals surface area contributed by atoms with Gasteiger partial charge in [0, 0.05) is 0 Å². The lowest BCUT2D eigenvalue weighted by atomic mass is 10.1. The molecule has 5 nitrogen and oxygen atoms in total. The maximum atomic E-state index is 12.5. The molecule has 5 heteroatoms. The summed E-state index contributed by atoms with van der Waals surface area (Å²) < 4.78 is 23.0. The highest BCUT2D eigenvalue weighted by molar-refractivity contribution is 5.91. The van der Waals surface area contributed by atoms with Crippen molar-refractivity contribution < 1.29 is 23.7 Å².